The van der Waals surface area contributed by atoms with Crippen LogP contribution < -0.4 is 0 Å². The van der Waals surface area contributed by atoms with Gasteiger partial charge in [0.2, 0.25) is 0 Å². The second-order valence-corrected chi connectivity index (χ2v) is 2.11. The van der Waals surface area contributed by atoms with E-state index in [4.69, 9.17) is 15.3 Å². The fourth-order valence-electron chi connectivity index (χ4n) is 0.871. The molecule has 1 rings (SSSR count). The Morgan fingerprint density at radius 1 is 1.40 bits per heavy atom. The van der Waals surface area contributed by atoms with Gasteiger partial charge >= 0.3 is 27.3 Å². The van der Waals surface area contributed by atoms with Crippen molar-refractivity contribution in [1.82, 2.24) is 0 Å². The summed E-state index contributed by atoms with van der Waals surface area (Å²) in [6, 6.07) is 0. The van der Waals surface area contributed by atoms with Crippen LogP contribution in [0.5, 0.6) is 0 Å². The molecule has 1 heterocycles. The Balaban J connectivity index is 0.000000810. The maximum atomic E-state index is 8.91. The van der Waals surface area contributed by atoms with E-state index in [9.17, 15) is 0 Å². The molecule has 2 radical (unpaired) electrons. The Bertz CT molecular complexity index is 99.6. The summed E-state index contributed by atoms with van der Waals surface area (Å²) in [5.41, 5.74) is 0. The summed E-state index contributed by atoms with van der Waals surface area (Å²) < 4.78 is 4.68. The normalized spacial score (nSPS) is 39.3. The van der Waals surface area contributed by atoms with Crippen molar-refractivity contribution in [3.63, 3.8) is 0 Å². The fourth-order valence-corrected chi connectivity index (χ4v) is 0.871. The van der Waals surface area contributed by atoms with Crippen molar-refractivity contribution >= 4 is 27.3 Å². The average Bonchev–Trinajstić information content (AvgIpc) is 2.10. The topological polar surface area (TPSA) is 69.9 Å². The predicted molar refractivity (Wildman–Crippen MR) is 37.1 cm³/mol. The van der Waals surface area contributed by atoms with Crippen LogP contribution in [-0.2, 0) is 4.74 Å². The SMILES string of the molecule is OC[C@H]1O[C@H](O)C[C@@H]1O.[PbH2]. The van der Waals surface area contributed by atoms with Crippen LogP contribution in [0.4, 0.5) is 0 Å². The van der Waals surface area contributed by atoms with E-state index >= 15 is 0 Å². The zero-order chi connectivity index (χ0) is 6.85. The van der Waals surface area contributed by atoms with E-state index in [0.29, 0.717) is 0 Å². The third-order valence-corrected chi connectivity index (χ3v) is 1.38. The molecular formula is C5H12O4Pb. The first-order chi connectivity index (χ1) is 4.24. The van der Waals surface area contributed by atoms with Gasteiger partial charge in [0.1, 0.15) is 6.10 Å². The van der Waals surface area contributed by atoms with Gasteiger partial charge in [0.05, 0.1) is 12.7 Å². The van der Waals surface area contributed by atoms with Crippen molar-refractivity contribution in [2.75, 3.05) is 6.61 Å². The molecule has 1 fully saturated rings. The molecule has 60 valence electrons. The Morgan fingerprint density at radius 2 is 2.00 bits per heavy atom. The summed E-state index contributed by atoms with van der Waals surface area (Å²) in [7, 11) is 0. The molecule has 1 aliphatic rings. The van der Waals surface area contributed by atoms with E-state index in [1.807, 2.05) is 0 Å². The van der Waals surface area contributed by atoms with Crippen molar-refractivity contribution < 1.29 is 20.1 Å². The summed E-state index contributed by atoms with van der Waals surface area (Å²) in [6.07, 6.45) is -2.02. The van der Waals surface area contributed by atoms with Gasteiger partial charge in [0.15, 0.2) is 6.29 Å². The summed E-state index contributed by atoms with van der Waals surface area (Å²) in [4.78, 5) is 0. The van der Waals surface area contributed by atoms with Crippen molar-refractivity contribution in [3.8, 4) is 0 Å². The molecule has 0 unspecified atom stereocenters. The van der Waals surface area contributed by atoms with E-state index in [-0.39, 0.29) is 40.3 Å². The first-order valence-corrected chi connectivity index (χ1v) is 2.86. The van der Waals surface area contributed by atoms with Gasteiger partial charge in [-0.05, 0) is 0 Å². The van der Waals surface area contributed by atoms with Crippen LogP contribution in [0.2, 0.25) is 0 Å². The van der Waals surface area contributed by atoms with E-state index in [1.165, 1.54) is 0 Å². The number of aliphatic hydroxyl groups excluding tert-OH is 3. The second-order valence-electron chi connectivity index (χ2n) is 2.11. The molecule has 0 amide bonds. The van der Waals surface area contributed by atoms with Crippen molar-refractivity contribution in [3.05, 3.63) is 0 Å². The molecule has 0 spiro atoms. The zero-order valence-electron chi connectivity index (χ0n) is 5.60. The van der Waals surface area contributed by atoms with Crippen LogP contribution >= 0.6 is 0 Å². The van der Waals surface area contributed by atoms with Crippen LogP contribution in [-0.4, -0.2) is 67.7 Å². The average molecular weight is 343 g/mol. The summed E-state index contributed by atoms with van der Waals surface area (Å²) >= 11 is 0. The molecule has 0 saturated carbocycles. The van der Waals surface area contributed by atoms with Gasteiger partial charge in [-0.25, -0.2) is 0 Å². The zero-order valence-corrected chi connectivity index (χ0v) is 11.1. The predicted octanol–water partition coefficient (Wildman–Crippen LogP) is -2.47. The molecule has 0 aliphatic carbocycles. The van der Waals surface area contributed by atoms with Gasteiger partial charge in [-0.15, -0.1) is 0 Å². The van der Waals surface area contributed by atoms with Crippen LogP contribution in [0.25, 0.3) is 0 Å². The first kappa shape index (κ1) is 10.8. The number of ether oxygens (including phenoxy) is 1. The molecular weight excluding hydrogens is 331 g/mol. The van der Waals surface area contributed by atoms with Gasteiger partial charge in [0.25, 0.3) is 0 Å². The van der Waals surface area contributed by atoms with Gasteiger partial charge in [-0.2, -0.15) is 0 Å². The van der Waals surface area contributed by atoms with E-state index in [1.54, 1.807) is 0 Å². The first-order valence-electron chi connectivity index (χ1n) is 2.86. The standard InChI is InChI=1S/C5H10O4.Pb.2H/c6-2-4-3(7)1-5(8)9-4;;;/h3-8H,1-2H2;;;/t3-,4+,5-;;;/m0.../s1. The molecule has 0 aromatic heterocycles. The summed E-state index contributed by atoms with van der Waals surface area (Å²) in [5.74, 6) is 0. The number of hydrogen-bond acceptors (Lipinski definition) is 4. The Hall–Kier alpha value is 0.762. The third-order valence-electron chi connectivity index (χ3n) is 1.38. The number of aliphatic hydroxyl groups is 3. The van der Waals surface area contributed by atoms with Crippen molar-refractivity contribution in [1.29, 1.82) is 0 Å². The maximum absolute atomic E-state index is 8.91. The minimum absolute atomic E-state index is 0. The van der Waals surface area contributed by atoms with Gasteiger partial charge in [0, 0.05) is 6.42 Å². The molecule has 10 heavy (non-hydrogen) atoms. The van der Waals surface area contributed by atoms with Crippen LogP contribution in [0, 0.1) is 0 Å². The molecule has 1 aliphatic heterocycles. The molecule has 0 bridgehead atoms. The van der Waals surface area contributed by atoms with Gasteiger partial charge in [-0.3, -0.25) is 0 Å². The fraction of sp³-hybridized carbons (Fsp3) is 1.00. The quantitative estimate of drug-likeness (QED) is 0.462. The van der Waals surface area contributed by atoms with E-state index in [2.05, 4.69) is 4.74 Å². The Labute approximate surface area is 79.0 Å². The Kier molecular flexibility index (Phi) is 4.95. The molecule has 1 saturated heterocycles. The molecule has 3 N–H and O–H groups in total. The Morgan fingerprint density at radius 3 is 2.20 bits per heavy atom. The molecule has 5 heteroatoms. The van der Waals surface area contributed by atoms with Crippen LogP contribution in [0.15, 0.2) is 0 Å². The van der Waals surface area contributed by atoms with Crippen LogP contribution in [0.3, 0.4) is 0 Å². The van der Waals surface area contributed by atoms with Crippen molar-refractivity contribution in [2.24, 2.45) is 0 Å². The number of rotatable bonds is 1. The van der Waals surface area contributed by atoms with E-state index < -0.39 is 18.5 Å². The van der Waals surface area contributed by atoms with Crippen molar-refractivity contribution in [2.45, 2.75) is 24.9 Å². The summed E-state index contributed by atoms with van der Waals surface area (Å²) in [5, 5.41) is 26.1. The van der Waals surface area contributed by atoms with Gasteiger partial charge in [-0.1, -0.05) is 0 Å². The second kappa shape index (κ2) is 4.60. The summed E-state index contributed by atoms with van der Waals surface area (Å²) in [6.45, 7) is -0.238. The third kappa shape index (κ3) is 2.42. The molecule has 4 nitrogen and oxygen atoms in total. The minimum atomic E-state index is -0.905. The number of hydrogen-bond donors (Lipinski definition) is 3. The van der Waals surface area contributed by atoms with E-state index in [0.717, 1.165) is 0 Å². The monoisotopic (exact) mass is 344 g/mol. The van der Waals surface area contributed by atoms with Gasteiger partial charge < -0.3 is 20.1 Å². The molecule has 0 aromatic rings. The van der Waals surface area contributed by atoms with Crippen LogP contribution in [0.1, 0.15) is 6.42 Å². The molecule has 3 atom stereocenters. The molecule has 0 aromatic carbocycles.